The summed E-state index contributed by atoms with van der Waals surface area (Å²) in [5.74, 6) is 0. The van der Waals surface area contributed by atoms with Crippen molar-refractivity contribution in [2.24, 2.45) is 0 Å². The summed E-state index contributed by atoms with van der Waals surface area (Å²) in [6, 6.07) is 0. The first-order valence-electron chi connectivity index (χ1n) is 0. The molecule has 0 aliphatic carbocycles. The molecule has 0 saturated heterocycles. The number of rotatable bonds is 0. The molecule has 0 amide bonds. The van der Waals surface area contributed by atoms with Gasteiger partial charge in [-0.05, 0) is 0 Å². The van der Waals surface area contributed by atoms with Gasteiger partial charge in [-0.2, -0.15) is 0 Å². The summed E-state index contributed by atoms with van der Waals surface area (Å²) >= 11 is 0. The summed E-state index contributed by atoms with van der Waals surface area (Å²) in [6.07, 6.45) is 0. The van der Waals surface area contributed by atoms with Crippen molar-refractivity contribution < 1.29 is 52.2 Å². The normalized spacial score (nSPS) is 0. The Labute approximate surface area is 89.2 Å². The quantitative estimate of drug-likeness (QED) is 0.341. The van der Waals surface area contributed by atoms with Crippen molar-refractivity contribution in [3.8, 4) is 0 Å². The molecule has 0 bridgehead atoms. The van der Waals surface area contributed by atoms with Crippen LogP contribution in [0.25, 0.3) is 0 Å². The van der Waals surface area contributed by atoms with Gasteiger partial charge in [0.05, 0.1) is 0 Å². The van der Waals surface area contributed by atoms with Crippen LogP contribution in [-0.2, 0) is 0 Å². The molecule has 0 saturated carbocycles. The summed E-state index contributed by atoms with van der Waals surface area (Å²) in [5, 5.41) is 0. The first-order chi connectivity index (χ1) is 0. The molecule has 0 aliphatic rings. The Kier molecular flexibility index (Phi) is 6270. The van der Waals surface area contributed by atoms with E-state index in [2.05, 4.69) is 0 Å². The second kappa shape index (κ2) is 188. The minimum Gasteiger partial charge on any atom is -1.00 e. The van der Waals surface area contributed by atoms with Crippen LogP contribution in [0.5, 0.6) is 0 Å². The predicted molar refractivity (Wildman–Crippen MR) is 23.8 cm³/mol. The van der Waals surface area contributed by atoms with Crippen LogP contribution in [0.15, 0.2) is 0 Å². The molecule has 0 aromatic carbocycles. The van der Waals surface area contributed by atoms with Gasteiger partial charge >= 0.3 is 37.7 Å². The van der Waals surface area contributed by atoms with Gasteiger partial charge in [0.15, 0.2) is 0 Å². The van der Waals surface area contributed by atoms with E-state index in [1.807, 2.05) is 0 Å². The molecule has 0 aromatic heterocycles. The Balaban J connectivity index is 0. The molecule has 0 spiro atoms. The topological polar surface area (TPSA) is 158 Å². The molecule has 8 heteroatoms. The van der Waals surface area contributed by atoms with Crippen molar-refractivity contribution >= 4 is 37.7 Å². The Morgan fingerprint density at radius 3 is 0.375 bits per heavy atom. The van der Waals surface area contributed by atoms with Crippen molar-refractivity contribution in [3.05, 3.63) is 0 Å². The van der Waals surface area contributed by atoms with Crippen LogP contribution in [0.1, 0.15) is 0 Å². The largest absolute Gasteiger partial charge is 2.00 e. The van der Waals surface area contributed by atoms with Crippen LogP contribution in [0.4, 0.5) is 0 Å². The van der Waals surface area contributed by atoms with Gasteiger partial charge in [-0.3, -0.25) is 0 Å². The molecule has 10 N–H and O–H groups in total. The summed E-state index contributed by atoms with van der Waals surface area (Å²) in [4.78, 5) is 0. The van der Waals surface area contributed by atoms with E-state index in [1.165, 1.54) is 0 Å². The maximum absolute atomic E-state index is 0. The van der Waals surface area contributed by atoms with E-state index in [4.69, 9.17) is 0 Å². The fourth-order valence-corrected chi connectivity index (χ4v) is 0. The fourth-order valence-electron chi connectivity index (χ4n) is 0. The average Bonchev–Trinajstić information content (AvgIpc) is 0. The molecular formula is H10CaCl2O5. The van der Waals surface area contributed by atoms with Gasteiger partial charge in [0.25, 0.3) is 0 Å². The van der Waals surface area contributed by atoms with Crippen molar-refractivity contribution in [2.75, 3.05) is 0 Å². The molecule has 5 nitrogen and oxygen atoms in total. The molecule has 0 aromatic rings. The summed E-state index contributed by atoms with van der Waals surface area (Å²) < 4.78 is 0. The first kappa shape index (κ1) is 268. The SMILES string of the molecule is O.O.O.O.O.[Ca+2].[Cl-].[Cl-]. The van der Waals surface area contributed by atoms with Crippen molar-refractivity contribution in [1.82, 2.24) is 0 Å². The predicted octanol–water partition coefficient (Wildman–Crippen LogP) is -10.5. The molecule has 56 valence electrons. The number of hydrogen-bond donors (Lipinski definition) is 0. The fraction of sp³-hybridized carbons (Fsp3) is 0. The number of halogens is 2. The van der Waals surface area contributed by atoms with Gasteiger partial charge in [-0.1, -0.05) is 0 Å². The molecular weight excluding hydrogens is 191 g/mol. The smallest absolute Gasteiger partial charge is 1.00 e. The standard InChI is InChI=1S/Ca.2ClH.5H2O/h;2*1H;5*1H2/q+2;;;;;;;/p-2. The van der Waals surface area contributed by atoms with Crippen LogP contribution >= 0.6 is 0 Å². The molecule has 8 heavy (non-hydrogen) atoms. The van der Waals surface area contributed by atoms with E-state index in [0.717, 1.165) is 0 Å². The van der Waals surface area contributed by atoms with Gasteiger partial charge in [-0.15, -0.1) is 0 Å². The van der Waals surface area contributed by atoms with E-state index in [0.29, 0.717) is 0 Å². The van der Waals surface area contributed by atoms with Crippen molar-refractivity contribution in [2.45, 2.75) is 0 Å². The zero-order valence-corrected chi connectivity index (χ0v) is 7.68. The summed E-state index contributed by atoms with van der Waals surface area (Å²) in [6.45, 7) is 0. The molecule has 0 fully saturated rings. The minimum absolute atomic E-state index is 0. The van der Waals surface area contributed by atoms with Crippen molar-refractivity contribution in [3.63, 3.8) is 0 Å². The van der Waals surface area contributed by atoms with Gasteiger partial charge in [0.2, 0.25) is 0 Å². The second-order valence-electron chi connectivity index (χ2n) is 0. The van der Waals surface area contributed by atoms with Gasteiger partial charge in [-0.25, -0.2) is 0 Å². The van der Waals surface area contributed by atoms with Crippen LogP contribution < -0.4 is 24.8 Å². The van der Waals surface area contributed by atoms with Gasteiger partial charge in [0, 0.05) is 0 Å². The minimum atomic E-state index is 0. The zero-order chi connectivity index (χ0) is 0. The molecule has 0 rings (SSSR count). The van der Waals surface area contributed by atoms with Gasteiger partial charge in [0.1, 0.15) is 0 Å². The van der Waals surface area contributed by atoms with E-state index < -0.39 is 0 Å². The average molecular weight is 201 g/mol. The molecule has 0 unspecified atom stereocenters. The van der Waals surface area contributed by atoms with E-state index in [-0.39, 0.29) is 89.9 Å². The van der Waals surface area contributed by atoms with E-state index >= 15 is 0 Å². The second-order valence-corrected chi connectivity index (χ2v) is 0. The third-order valence-corrected chi connectivity index (χ3v) is 0. The summed E-state index contributed by atoms with van der Waals surface area (Å²) in [7, 11) is 0. The third kappa shape index (κ3) is 125. The molecule has 0 heterocycles. The maximum atomic E-state index is 0. The molecule has 0 aliphatic heterocycles. The third-order valence-electron chi connectivity index (χ3n) is 0. The van der Waals surface area contributed by atoms with Crippen LogP contribution in [0.2, 0.25) is 0 Å². The zero-order valence-electron chi connectivity index (χ0n) is 3.96. The van der Waals surface area contributed by atoms with E-state index in [1.54, 1.807) is 0 Å². The maximum Gasteiger partial charge on any atom is 2.00 e. The molecule has 0 atom stereocenters. The Hall–Kier alpha value is 1.64. The van der Waals surface area contributed by atoms with Crippen LogP contribution in [0.3, 0.4) is 0 Å². The van der Waals surface area contributed by atoms with E-state index in [9.17, 15) is 0 Å². The Bertz CT molecular complexity index is 10.4. The Morgan fingerprint density at radius 2 is 0.375 bits per heavy atom. The summed E-state index contributed by atoms with van der Waals surface area (Å²) in [5.41, 5.74) is 0. The Morgan fingerprint density at radius 1 is 0.375 bits per heavy atom. The van der Waals surface area contributed by atoms with Crippen molar-refractivity contribution in [1.29, 1.82) is 0 Å². The monoisotopic (exact) mass is 200 g/mol. The van der Waals surface area contributed by atoms with Gasteiger partial charge < -0.3 is 52.2 Å². The van der Waals surface area contributed by atoms with Crippen LogP contribution in [0, 0.1) is 0 Å². The molecule has 0 radical (unpaired) electrons. The first-order valence-corrected chi connectivity index (χ1v) is 0. The van der Waals surface area contributed by atoms with Crippen LogP contribution in [-0.4, -0.2) is 65.1 Å². The number of hydrogen-bond acceptors (Lipinski definition) is 0.